The molecule has 0 aliphatic heterocycles. The van der Waals surface area contributed by atoms with E-state index in [1.54, 1.807) is 42.7 Å². The van der Waals surface area contributed by atoms with Crippen molar-refractivity contribution in [3.63, 3.8) is 0 Å². The van der Waals surface area contributed by atoms with E-state index in [9.17, 15) is 4.79 Å². The largest absolute Gasteiger partial charge is 0.497 e. The number of benzene rings is 1. The Morgan fingerprint density at radius 1 is 1.04 bits per heavy atom. The van der Waals surface area contributed by atoms with Crippen molar-refractivity contribution >= 4 is 17.4 Å². The van der Waals surface area contributed by atoms with Gasteiger partial charge in [-0.15, -0.1) is 0 Å². The van der Waals surface area contributed by atoms with Gasteiger partial charge in [0.1, 0.15) is 5.76 Å². The maximum atomic E-state index is 13.0. The number of hydrogen-bond acceptors (Lipinski definition) is 4. The Bertz CT molecular complexity index is 878. The smallest absolute Gasteiger partial charge is 0.258 e. The molecule has 0 bridgehead atoms. The van der Waals surface area contributed by atoms with Gasteiger partial charge in [0.25, 0.3) is 5.91 Å². The van der Waals surface area contributed by atoms with Crippen molar-refractivity contribution in [1.82, 2.24) is 9.97 Å². The molecule has 26 heavy (non-hydrogen) atoms. The second-order valence-electron chi connectivity index (χ2n) is 5.63. The maximum Gasteiger partial charge on any atom is 0.258 e. The zero-order chi connectivity index (χ0) is 18.4. The van der Waals surface area contributed by atoms with E-state index in [2.05, 4.69) is 16.5 Å². The van der Waals surface area contributed by atoms with Crippen LogP contribution >= 0.6 is 0 Å². The second kappa shape index (κ2) is 8.07. The zero-order valence-electron chi connectivity index (χ0n) is 14.5. The molecule has 0 fully saturated rings. The molecular formula is C21H19N3O2. The molecule has 5 heteroatoms. The van der Waals surface area contributed by atoms with E-state index in [1.807, 2.05) is 42.5 Å². The summed E-state index contributed by atoms with van der Waals surface area (Å²) in [5.41, 5.74) is 2.96. The number of amides is 1. The number of nitrogens with zero attached hydrogens (tertiary/aromatic N) is 3. The van der Waals surface area contributed by atoms with Gasteiger partial charge in [0.2, 0.25) is 0 Å². The fourth-order valence-corrected chi connectivity index (χ4v) is 2.50. The van der Waals surface area contributed by atoms with Crippen molar-refractivity contribution in [2.75, 3.05) is 12.0 Å². The minimum absolute atomic E-state index is 0.106. The molecule has 2 heterocycles. The normalized spacial score (nSPS) is 10.2. The van der Waals surface area contributed by atoms with Crippen molar-refractivity contribution in [2.24, 2.45) is 0 Å². The summed E-state index contributed by atoms with van der Waals surface area (Å²) in [5, 5.41) is 0. The average Bonchev–Trinajstić information content (AvgIpc) is 2.72. The van der Waals surface area contributed by atoms with E-state index >= 15 is 0 Å². The van der Waals surface area contributed by atoms with Crippen molar-refractivity contribution in [3.05, 3.63) is 96.6 Å². The minimum Gasteiger partial charge on any atom is -0.497 e. The van der Waals surface area contributed by atoms with Gasteiger partial charge in [0, 0.05) is 35.4 Å². The van der Waals surface area contributed by atoms with Crippen LogP contribution in [0.15, 0.2) is 79.8 Å². The molecule has 0 spiro atoms. The first kappa shape index (κ1) is 17.4. The molecule has 0 saturated carbocycles. The van der Waals surface area contributed by atoms with Gasteiger partial charge in [-0.05, 0) is 36.4 Å². The van der Waals surface area contributed by atoms with Crippen LogP contribution in [0.4, 0.5) is 5.69 Å². The summed E-state index contributed by atoms with van der Waals surface area (Å²) in [5.74, 6) is 0.447. The van der Waals surface area contributed by atoms with Gasteiger partial charge in [-0.2, -0.15) is 0 Å². The van der Waals surface area contributed by atoms with Gasteiger partial charge >= 0.3 is 0 Å². The summed E-state index contributed by atoms with van der Waals surface area (Å²) in [6, 6.07) is 16.7. The molecule has 2 aromatic heterocycles. The minimum atomic E-state index is -0.106. The number of ether oxygens (including phenoxy) is 1. The molecule has 0 N–H and O–H groups in total. The lowest BCUT2D eigenvalue weighted by atomic mass is 10.2. The third kappa shape index (κ3) is 3.95. The predicted molar refractivity (Wildman–Crippen MR) is 101 cm³/mol. The van der Waals surface area contributed by atoms with Crippen LogP contribution in [0.25, 0.3) is 5.76 Å². The molecule has 0 atom stereocenters. The Hall–Kier alpha value is -3.47. The van der Waals surface area contributed by atoms with Gasteiger partial charge < -0.3 is 9.64 Å². The van der Waals surface area contributed by atoms with Gasteiger partial charge in [0.05, 0.1) is 19.3 Å². The van der Waals surface area contributed by atoms with Crippen molar-refractivity contribution in [1.29, 1.82) is 0 Å². The van der Waals surface area contributed by atoms with Crippen LogP contribution in [0.5, 0.6) is 0 Å². The standard InChI is InChI=1S/C21H19N3O2/c1-16(26-2)18-8-9-19(23-14-18)15-24(20-6-4-3-5-7-20)21(25)17-10-12-22-13-11-17/h3-14H,1,15H2,2H3. The SMILES string of the molecule is C=C(OC)c1ccc(CN(C(=O)c2ccncc2)c2ccccc2)nc1. The van der Waals surface area contributed by atoms with Crippen LogP contribution < -0.4 is 4.90 Å². The Morgan fingerprint density at radius 2 is 1.77 bits per heavy atom. The Morgan fingerprint density at radius 3 is 2.38 bits per heavy atom. The van der Waals surface area contributed by atoms with E-state index in [0.29, 0.717) is 17.9 Å². The van der Waals surface area contributed by atoms with Gasteiger partial charge in [-0.3, -0.25) is 14.8 Å². The highest BCUT2D eigenvalue weighted by atomic mass is 16.5. The third-order valence-corrected chi connectivity index (χ3v) is 3.95. The predicted octanol–water partition coefficient (Wildman–Crippen LogP) is 3.94. The van der Waals surface area contributed by atoms with Crippen molar-refractivity contribution in [3.8, 4) is 0 Å². The van der Waals surface area contributed by atoms with Crippen LogP contribution in [0.2, 0.25) is 0 Å². The Labute approximate surface area is 152 Å². The molecule has 1 amide bonds. The number of carbonyl (C=O) groups is 1. The molecule has 3 aromatic rings. The van der Waals surface area contributed by atoms with Gasteiger partial charge in [0.15, 0.2) is 0 Å². The number of hydrogen-bond donors (Lipinski definition) is 0. The summed E-state index contributed by atoms with van der Waals surface area (Å²) in [4.78, 5) is 23.1. The first-order valence-electron chi connectivity index (χ1n) is 8.14. The third-order valence-electron chi connectivity index (χ3n) is 3.95. The highest BCUT2D eigenvalue weighted by molar-refractivity contribution is 6.05. The van der Waals surface area contributed by atoms with E-state index in [-0.39, 0.29) is 5.91 Å². The van der Waals surface area contributed by atoms with E-state index in [4.69, 9.17) is 4.74 Å². The fraction of sp³-hybridized carbons (Fsp3) is 0.0952. The number of aromatic nitrogens is 2. The summed E-state index contributed by atoms with van der Waals surface area (Å²) in [7, 11) is 1.57. The van der Waals surface area contributed by atoms with Gasteiger partial charge in [-0.1, -0.05) is 24.8 Å². The quantitative estimate of drug-likeness (QED) is 0.635. The molecule has 0 saturated heterocycles. The zero-order valence-corrected chi connectivity index (χ0v) is 14.5. The van der Waals surface area contributed by atoms with Crippen LogP contribution in [-0.2, 0) is 11.3 Å². The van der Waals surface area contributed by atoms with Crippen molar-refractivity contribution < 1.29 is 9.53 Å². The van der Waals surface area contributed by atoms with Crippen LogP contribution in [0.3, 0.4) is 0 Å². The van der Waals surface area contributed by atoms with E-state index in [1.165, 1.54) is 0 Å². The number of methoxy groups -OCH3 is 1. The van der Waals surface area contributed by atoms with Crippen molar-refractivity contribution in [2.45, 2.75) is 6.54 Å². The molecular weight excluding hydrogens is 326 g/mol. The average molecular weight is 345 g/mol. The summed E-state index contributed by atoms with van der Waals surface area (Å²) in [6.45, 7) is 4.17. The Balaban J connectivity index is 1.89. The van der Waals surface area contributed by atoms with E-state index in [0.717, 1.165) is 16.9 Å². The van der Waals surface area contributed by atoms with Gasteiger partial charge in [-0.25, -0.2) is 0 Å². The maximum absolute atomic E-state index is 13.0. The molecule has 0 aliphatic carbocycles. The second-order valence-corrected chi connectivity index (χ2v) is 5.63. The van der Waals surface area contributed by atoms with E-state index < -0.39 is 0 Å². The fourth-order valence-electron chi connectivity index (χ4n) is 2.50. The summed E-state index contributed by atoms with van der Waals surface area (Å²) < 4.78 is 5.12. The first-order valence-corrected chi connectivity index (χ1v) is 8.14. The molecule has 0 aliphatic rings. The number of para-hydroxylation sites is 1. The number of carbonyl (C=O) groups excluding carboxylic acids is 1. The van der Waals surface area contributed by atoms with Crippen LogP contribution in [-0.4, -0.2) is 23.0 Å². The number of pyridine rings is 2. The highest BCUT2D eigenvalue weighted by Gasteiger charge is 2.18. The number of rotatable bonds is 6. The molecule has 0 unspecified atom stereocenters. The topological polar surface area (TPSA) is 55.3 Å². The highest BCUT2D eigenvalue weighted by Crippen LogP contribution is 2.20. The monoisotopic (exact) mass is 345 g/mol. The molecule has 3 rings (SSSR count). The Kier molecular flexibility index (Phi) is 5.39. The molecule has 130 valence electrons. The summed E-state index contributed by atoms with van der Waals surface area (Å²) >= 11 is 0. The molecule has 1 aromatic carbocycles. The number of anilines is 1. The lowest BCUT2D eigenvalue weighted by Crippen LogP contribution is -2.30. The van der Waals surface area contributed by atoms with Crippen LogP contribution in [0, 0.1) is 0 Å². The molecule has 5 nitrogen and oxygen atoms in total. The lowest BCUT2D eigenvalue weighted by Gasteiger charge is -2.22. The van der Waals surface area contributed by atoms with Crippen LogP contribution in [0.1, 0.15) is 21.6 Å². The molecule has 0 radical (unpaired) electrons. The summed E-state index contributed by atoms with van der Waals surface area (Å²) in [6.07, 6.45) is 4.92. The first-order chi connectivity index (χ1) is 12.7. The lowest BCUT2D eigenvalue weighted by molar-refractivity contribution is 0.0984.